The van der Waals surface area contributed by atoms with Crippen LogP contribution in [0.3, 0.4) is 0 Å². The SMILES string of the molecule is CCONC(=O)C1CCCCS1(=O)=O. The second-order valence-electron chi connectivity index (χ2n) is 3.25. The van der Waals surface area contributed by atoms with Crippen molar-refractivity contribution in [2.45, 2.75) is 31.4 Å². The second kappa shape index (κ2) is 4.75. The Morgan fingerprint density at radius 1 is 1.50 bits per heavy atom. The fourth-order valence-corrected chi connectivity index (χ4v) is 3.25. The molecule has 82 valence electrons. The van der Waals surface area contributed by atoms with Gasteiger partial charge in [-0.1, -0.05) is 6.42 Å². The Labute approximate surface area is 83.7 Å². The zero-order valence-electron chi connectivity index (χ0n) is 8.15. The van der Waals surface area contributed by atoms with Crippen molar-refractivity contribution in [2.75, 3.05) is 12.4 Å². The first-order chi connectivity index (χ1) is 6.58. The van der Waals surface area contributed by atoms with E-state index >= 15 is 0 Å². The average molecular weight is 221 g/mol. The van der Waals surface area contributed by atoms with Crippen LogP contribution >= 0.6 is 0 Å². The van der Waals surface area contributed by atoms with E-state index in [1.165, 1.54) is 0 Å². The molecule has 1 aliphatic rings. The molecule has 1 saturated heterocycles. The highest BCUT2D eigenvalue weighted by molar-refractivity contribution is 7.92. The third-order valence-corrected chi connectivity index (χ3v) is 4.36. The van der Waals surface area contributed by atoms with E-state index < -0.39 is 21.0 Å². The number of carbonyl (C=O) groups excluding carboxylic acids is 1. The molecule has 0 aromatic rings. The summed E-state index contributed by atoms with van der Waals surface area (Å²) in [6.45, 7) is 2.05. The van der Waals surface area contributed by atoms with Crippen LogP contribution in [-0.4, -0.2) is 31.9 Å². The lowest BCUT2D eigenvalue weighted by Crippen LogP contribution is -2.42. The maximum atomic E-state index is 11.5. The van der Waals surface area contributed by atoms with Gasteiger partial charge in [0.15, 0.2) is 9.84 Å². The van der Waals surface area contributed by atoms with Crippen LogP contribution in [0.4, 0.5) is 0 Å². The molecule has 0 spiro atoms. The van der Waals surface area contributed by atoms with E-state index in [1.807, 2.05) is 0 Å². The Balaban J connectivity index is 2.61. The largest absolute Gasteiger partial charge is 0.274 e. The molecular weight excluding hydrogens is 206 g/mol. The van der Waals surface area contributed by atoms with Crippen LogP contribution in [-0.2, 0) is 19.5 Å². The zero-order chi connectivity index (χ0) is 10.6. The van der Waals surface area contributed by atoms with Gasteiger partial charge in [0.2, 0.25) is 0 Å². The van der Waals surface area contributed by atoms with Crippen molar-refractivity contribution in [3.63, 3.8) is 0 Å². The van der Waals surface area contributed by atoms with Crippen molar-refractivity contribution in [1.29, 1.82) is 0 Å². The average Bonchev–Trinajstić information content (AvgIpc) is 2.13. The Morgan fingerprint density at radius 3 is 2.79 bits per heavy atom. The molecular formula is C8H15NO4S. The van der Waals surface area contributed by atoms with Crippen LogP contribution < -0.4 is 5.48 Å². The molecule has 0 bridgehead atoms. The lowest BCUT2D eigenvalue weighted by Gasteiger charge is -2.20. The summed E-state index contributed by atoms with van der Waals surface area (Å²) in [4.78, 5) is 16.0. The monoisotopic (exact) mass is 221 g/mol. The van der Waals surface area contributed by atoms with Crippen molar-refractivity contribution in [1.82, 2.24) is 5.48 Å². The molecule has 1 fully saturated rings. The molecule has 0 aliphatic carbocycles. The molecule has 1 N–H and O–H groups in total. The van der Waals surface area contributed by atoms with Crippen molar-refractivity contribution >= 4 is 15.7 Å². The molecule has 1 aliphatic heterocycles. The third kappa shape index (κ3) is 2.68. The highest BCUT2D eigenvalue weighted by Crippen LogP contribution is 2.19. The van der Waals surface area contributed by atoms with Gasteiger partial charge in [0, 0.05) is 0 Å². The molecule has 1 heterocycles. The fourth-order valence-electron chi connectivity index (χ4n) is 1.46. The molecule has 1 rings (SSSR count). The van der Waals surface area contributed by atoms with Gasteiger partial charge in [-0.3, -0.25) is 9.63 Å². The van der Waals surface area contributed by atoms with E-state index in [-0.39, 0.29) is 5.75 Å². The number of rotatable bonds is 3. The smallest absolute Gasteiger partial charge is 0.261 e. The summed E-state index contributed by atoms with van der Waals surface area (Å²) in [5.41, 5.74) is 2.14. The predicted octanol–water partition coefficient (Wildman–Crippen LogP) is 0.0214. The van der Waals surface area contributed by atoms with Crippen LogP contribution in [0, 0.1) is 0 Å². The normalized spacial score (nSPS) is 25.6. The number of amides is 1. The minimum absolute atomic E-state index is 0.108. The van der Waals surface area contributed by atoms with E-state index in [4.69, 9.17) is 0 Å². The summed E-state index contributed by atoms with van der Waals surface area (Å²) < 4.78 is 22.9. The highest BCUT2D eigenvalue weighted by atomic mass is 32.2. The summed E-state index contributed by atoms with van der Waals surface area (Å²) in [6, 6.07) is 0. The predicted molar refractivity (Wildman–Crippen MR) is 51.2 cm³/mol. The lowest BCUT2D eigenvalue weighted by atomic mass is 10.2. The number of hydrogen-bond acceptors (Lipinski definition) is 4. The van der Waals surface area contributed by atoms with E-state index in [1.54, 1.807) is 6.92 Å². The quantitative estimate of drug-likeness (QED) is 0.682. The van der Waals surface area contributed by atoms with Gasteiger partial charge in [-0.2, -0.15) is 0 Å². The summed E-state index contributed by atoms with van der Waals surface area (Å²) in [6.07, 6.45) is 1.84. The molecule has 14 heavy (non-hydrogen) atoms. The van der Waals surface area contributed by atoms with E-state index in [9.17, 15) is 13.2 Å². The second-order valence-corrected chi connectivity index (χ2v) is 5.55. The van der Waals surface area contributed by atoms with Crippen molar-refractivity contribution in [3.05, 3.63) is 0 Å². The Morgan fingerprint density at radius 2 is 2.21 bits per heavy atom. The lowest BCUT2D eigenvalue weighted by molar-refractivity contribution is -0.132. The van der Waals surface area contributed by atoms with Crippen LogP contribution in [0.5, 0.6) is 0 Å². The first-order valence-corrected chi connectivity index (χ1v) is 6.42. The first kappa shape index (κ1) is 11.5. The van der Waals surface area contributed by atoms with E-state index in [0.717, 1.165) is 6.42 Å². The van der Waals surface area contributed by atoms with Gasteiger partial charge in [-0.25, -0.2) is 13.9 Å². The third-order valence-electron chi connectivity index (χ3n) is 2.19. The Kier molecular flexibility index (Phi) is 3.88. The fraction of sp³-hybridized carbons (Fsp3) is 0.875. The van der Waals surface area contributed by atoms with Crippen molar-refractivity contribution < 1.29 is 18.0 Å². The molecule has 1 atom stereocenters. The van der Waals surface area contributed by atoms with E-state index in [2.05, 4.69) is 10.3 Å². The minimum Gasteiger partial charge on any atom is -0.274 e. The summed E-state index contributed by atoms with van der Waals surface area (Å²) in [5.74, 6) is -0.427. The molecule has 1 amide bonds. The topological polar surface area (TPSA) is 72.5 Å². The molecule has 0 aromatic heterocycles. The molecule has 6 heteroatoms. The maximum absolute atomic E-state index is 11.5. The number of carbonyl (C=O) groups is 1. The van der Waals surface area contributed by atoms with Gasteiger partial charge < -0.3 is 0 Å². The summed E-state index contributed by atoms with van der Waals surface area (Å²) in [7, 11) is -3.25. The number of nitrogens with one attached hydrogen (secondary N) is 1. The van der Waals surface area contributed by atoms with Gasteiger partial charge in [0.1, 0.15) is 5.25 Å². The van der Waals surface area contributed by atoms with Crippen molar-refractivity contribution in [3.8, 4) is 0 Å². The molecule has 5 nitrogen and oxygen atoms in total. The molecule has 0 saturated carbocycles. The highest BCUT2D eigenvalue weighted by Gasteiger charge is 2.34. The van der Waals surface area contributed by atoms with Gasteiger partial charge >= 0.3 is 0 Å². The Bertz CT molecular complexity index is 298. The van der Waals surface area contributed by atoms with Gasteiger partial charge in [-0.15, -0.1) is 0 Å². The first-order valence-electron chi connectivity index (χ1n) is 4.71. The molecule has 1 unspecified atom stereocenters. The molecule has 0 radical (unpaired) electrons. The minimum atomic E-state index is -3.25. The standard InChI is InChI=1S/C8H15NO4S/c1-2-13-9-8(10)7-5-3-4-6-14(7,11)12/h7H,2-6H2,1H3,(H,9,10). The summed E-state index contributed by atoms with van der Waals surface area (Å²) >= 11 is 0. The Hall–Kier alpha value is -0.620. The number of sulfone groups is 1. The summed E-state index contributed by atoms with van der Waals surface area (Å²) in [5, 5.41) is -0.914. The zero-order valence-corrected chi connectivity index (χ0v) is 8.97. The van der Waals surface area contributed by atoms with Gasteiger partial charge in [0.05, 0.1) is 12.4 Å². The van der Waals surface area contributed by atoms with E-state index in [0.29, 0.717) is 19.4 Å². The van der Waals surface area contributed by atoms with Gasteiger partial charge in [-0.05, 0) is 19.8 Å². The van der Waals surface area contributed by atoms with Crippen LogP contribution in [0.2, 0.25) is 0 Å². The van der Waals surface area contributed by atoms with Crippen LogP contribution in [0.15, 0.2) is 0 Å². The van der Waals surface area contributed by atoms with Crippen LogP contribution in [0.1, 0.15) is 26.2 Å². The van der Waals surface area contributed by atoms with Crippen LogP contribution in [0.25, 0.3) is 0 Å². The van der Waals surface area contributed by atoms with Gasteiger partial charge in [0.25, 0.3) is 5.91 Å². The molecule has 0 aromatic carbocycles. The maximum Gasteiger partial charge on any atom is 0.261 e. The number of hydrogen-bond donors (Lipinski definition) is 1. The number of hydroxylamine groups is 1. The van der Waals surface area contributed by atoms with Crippen molar-refractivity contribution in [2.24, 2.45) is 0 Å².